The summed E-state index contributed by atoms with van der Waals surface area (Å²) in [7, 11) is 0. The van der Waals surface area contributed by atoms with Crippen LogP contribution < -0.4 is 0 Å². The molecule has 148 valence electrons. The van der Waals surface area contributed by atoms with Crippen molar-refractivity contribution < 1.29 is 9.18 Å². The first kappa shape index (κ1) is 16.9. The van der Waals surface area contributed by atoms with Crippen LogP contribution in [0, 0.1) is 5.82 Å². The van der Waals surface area contributed by atoms with Gasteiger partial charge in [0.05, 0.1) is 34.8 Å². The number of nitrogens with zero attached hydrogens (tertiary/aromatic N) is 5. The Bertz CT molecular complexity index is 1420. The highest BCUT2D eigenvalue weighted by Crippen LogP contribution is 2.34. The lowest BCUT2D eigenvalue weighted by Crippen LogP contribution is -2.41. The molecule has 5 aromatic rings. The van der Waals surface area contributed by atoms with E-state index in [-0.39, 0.29) is 11.4 Å². The molecule has 8 nitrogen and oxygen atoms in total. The minimum absolute atomic E-state index is 0.171. The van der Waals surface area contributed by atoms with E-state index in [4.69, 9.17) is 0 Å². The summed E-state index contributed by atoms with van der Waals surface area (Å²) in [5, 5.41) is 4.29. The van der Waals surface area contributed by atoms with Crippen molar-refractivity contribution >= 4 is 22.5 Å². The predicted molar refractivity (Wildman–Crippen MR) is 106 cm³/mol. The maximum atomic E-state index is 14.3. The number of H-pyrrole nitrogens is 2. The summed E-state index contributed by atoms with van der Waals surface area (Å²) >= 11 is 0. The van der Waals surface area contributed by atoms with Gasteiger partial charge in [-0.05, 0) is 24.3 Å². The average Bonchev–Trinajstić information content (AvgIpc) is 3.50. The van der Waals surface area contributed by atoms with Crippen molar-refractivity contribution in [2.24, 2.45) is 0 Å². The standard InChI is InChI=1S/C21H16FN7O/c22-13-4-3-5-15-17(13)27-20(26-15)19-18-14(23-11-24-18)7-9-28(19)21(30)12-10-25-29-8-2-1-6-16(12)29/h1-6,8,10-11,19H,7,9H2,(H,23,24)(H,26,27)/t19-/m0/s1. The Morgan fingerprint density at radius 2 is 2.13 bits per heavy atom. The quantitative estimate of drug-likeness (QED) is 0.476. The van der Waals surface area contributed by atoms with Crippen LogP contribution >= 0.6 is 0 Å². The first-order chi connectivity index (χ1) is 14.7. The van der Waals surface area contributed by atoms with Gasteiger partial charge >= 0.3 is 0 Å². The van der Waals surface area contributed by atoms with Crippen LogP contribution in [0.2, 0.25) is 0 Å². The number of rotatable bonds is 2. The summed E-state index contributed by atoms with van der Waals surface area (Å²) in [4.78, 5) is 30.6. The van der Waals surface area contributed by atoms with Crippen LogP contribution in [0.15, 0.2) is 55.1 Å². The van der Waals surface area contributed by atoms with Crippen LogP contribution in [0.4, 0.5) is 4.39 Å². The van der Waals surface area contributed by atoms with E-state index in [0.717, 1.165) is 11.2 Å². The van der Waals surface area contributed by atoms with E-state index in [1.807, 2.05) is 18.2 Å². The van der Waals surface area contributed by atoms with Crippen molar-refractivity contribution in [3.05, 3.63) is 83.7 Å². The van der Waals surface area contributed by atoms with Gasteiger partial charge in [-0.2, -0.15) is 5.10 Å². The highest BCUT2D eigenvalue weighted by molar-refractivity contribution is 6.01. The topological polar surface area (TPSA) is 95.0 Å². The maximum Gasteiger partial charge on any atom is 0.258 e. The molecule has 0 radical (unpaired) electrons. The number of imidazole rings is 2. The minimum Gasteiger partial charge on any atom is -0.348 e. The number of hydrogen-bond donors (Lipinski definition) is 2. The lowest BCUT2D eigenvalue weighted by molar-refractivity contribution is 0.0686. The van der Waals surface area contributed by atoms with Crippen molar-refractivity contribution in [2.75, 3.05) is 6.54 Å². The van der Waals surface area contributed by atoms with Gasteiger partial charge in [0.25, 0.3) is 5.91 Å². The second kappa shape index (κ2) is 6.24. The number of amides is 1. The number of aromatic nitrogens is 6. The molecule has 0 fully saturated rings. The molecule has 30 heavy (non-hydrogen) atoms. The zero-order chi connectivity index (χ0) is 20.2. The monoisotopic (exact) mass is 401 g/mol. The van der Waals surface area contributed by atoms with Gasteiger partial charge < -0.3 is 14.9 Å². The van der Waals surface area contributed by atoms with Gasteiger partial charge in [-0.15, -0.1) is 0 Å². The van der Waals surface area contributed by atoms with E-state index in [2.05, 4.69) is 25.0 Å². The number of pyridine rings is 1. The third kappa shape index (κ3) is 2.38. The number of carbonyl (C=O) groups excluding carboxylic acids is 1. The molecular weight excluding hydrogens is 385 g/mol. The summed E-state index contributed by atoms with van der Waals surface area (Å²) in [6, 6.07) is 9.79. The van der Waals surface area contributed by atoms with Gasteiger partial charge in [-0.1, -0.05) is 12.1 Å². The molecule has 4 aromatic heterocycles. The molecule has 1 amide bonds. The van der Waals surface area contributed by atoms with Gasteiger partial charge in [0.1, 0.15) is 17.4 Å². The Morgan fingerprint density at radius 1 is 1.20 bits per heavy atom. The molecule has 0 unspecified atom stereocenters. The molecule has 5 heterocycles. The Morgan fingerprint density at radius 3 is 3.03 bits per heavy atom. The number of halogens is 1. The Kier molecular flexibility index (Phi) is 3.52. The number of benzene rings is 1. The second-order valence-corrected chi connectivity index (χ2v) is 7.26. The van der Waals surface area contributed by atoms with Gasteiger partial charge in [-0.3, -0.25) is 4.79 Å². The lowest BCUT2D eigenvalue weighted by atomic mass is 10.0. The summed E-state index contributed by atoms with van der Waals surface area (Å²) in [5.41, 5.74) is 3.72. The number of nitrogens with one attached hydrogen (secondary N) is 2. The molecule has 0 spiro atoms. The molecule has 2 N–H and O–H groups in total. The zero-order valence-corrected chi connectivity index (χ0v) is 15.7. The summed E-state index contributed by atoms with van der Waals surface area (Å²) in [6.45, 7) is 0.475. The number of aromatic amines is 2. The fraction of sp³-hybridized carbons (Fsp3) is 0.143. The molecule has 1 aliphatic heterocycles. The smallest absolute Gasteiger partial charge is 0.258 e. The van der Waals surface area contributed by atoms with Gasteiger partial charge in [0.15, 0.2) is 5.82 Å². The number of hydrogen-bond acceptors (Lipinski definition) is 4. The molecule has 1 aromatic carbocycles. The summed E-state index contributed by atoms with van der Waals surface area (Å²) < 4.78 is 15.9. The minimum atomic E-state index is -0.557. The largest absolute Gasteiger partial charge is 0.348 e. The third-order valence-corrected chi connectivity index (χ3v) is 5.58. The fourth-order valence-electron chi connectivity index (χ4n) is 4.17. The van der Waals surface area contributed by atoms with Crippen molar-refractivity contribution in [3.63, 3.8) is 0 Å². The van der Waals surface area contributed by atoms with Crippen molar-refractivity contribution in [2.45, 2.75) is 12.5 Å². The normalized spacial score (nSPS) is 16.3. The molecule has 9 heteroatoms. The van der Waals surface area contributed by atoms with Crippen molar-refractivity contribution in [1.29, 1.82) is 0 Å². The second-order valence-electron chi connectivity index (χ2n) is 7.26. The molecule has 1 aliphatic rings. The Balaban J connectivity index is 1.50. The van der Waals surface area contributed by atoms with Crippen LogP contribution in [-0.4, -0.2) is 46.9 Å². The Hall–Kier alpha value is -4.01. The molecule has 0 aliphatic carbocycles. The van der Waals surface area contributed by atoms with E-state index >= 15 is 0 Å². The highest BCUT2D eigenvalue weighted by atomic mass is 19.1. The van der Waals surface area contributed by atoms with Gasteiger partial charge in [-0.25, -0.2) is 18.9 Å². The molecule has 6 rings (SSSR count). The van der Waals surface area contributed by atoms with E-state index in [1.165, 1.54) is 6.07 Å². The van der Waals surface area contributed by atoms with Crippen molar-refractivity contribution in [1.82, 2.24) is 34.4 Å². The van der Waals surface area contributed by atoms with Crippen LogP contribution in [-0.2, 0) is 6.42 Å². The third-order valence-electron chi connectivity index (χ3n) is 5.58. The molecule has 0 saturated carbocycles. The number of para-hydroxylation sites is 1. The van der Waals surface area contributed by atoms with Crippen LogP contribution in [0.3, 0.4) is 0 Å². The highest BCUT2D eigenvalue weighted by Gasteiger charge is 2.37. The molecule has 1 atom stereocenters. The fourth-order valence-corrected chi connectivity index (χ4v) is 4.17. The predicted octanol–water partition coefficient (Wildman–Crippen LogP) is 2.86. The SMILES string of the molecule is O=C(c1cnn2ccccc12)N1CCc2[nH]cnc2[C@H]1c1nc2c(F)cccc2[nH]1. The van der Waals surface area contributed by atoms with Gasteiger partial charge in [0.2, 0.25) is 0 Å². The maximum absolute atomic E-state index is 14.3. The lowest BCUT2D eigenvalue weighted by Gasteiger charge is -2.33. The van der Waals surface area contributed by atoms with E-state index in [1.54, 1.807) is 40.3 Å². The Labute approximate surface area is 169 Å². The van der Waals surface area contributed by atoms with Crippen LogP contribution in [0.5, 0.6) is 0 Å². The van der Waals surface area contributed by atoms with Crippen molar-refractivity contribution in [3.8, 4) is 0 Å². The number of carbonyl (C=O) groups is 1. The molecule has 0 bridgehead atoms. The molecular formula is C21H16FN7O. The van der Waals surface area contributed by atoms with E-state index in [9.17, 15) is 9.18 Å². The first-order valence-electron chi connectivity index (χ1n) is 9.60. The summed E-state index contributed by atoms with van der Waals surface area (Å²) in [6.07, 6.45) is 5.64. The summed E-state index contributed by atoms with van der Waals surface area (Å²) in [5.74, 6) is -0.0997. The van der Waals surface area contributed by atoms with Crippen LogP contribution in [0.25, 0.3) is 16.6 Å². The molecule has 0 saturated heterocycles. The zero-order valence-electron chi connectivity index (χ0n) is 15.7. The number of fused-ring (bicyclic) bond motifs is 3. The van der Waals surface area contributed by atoms with E-state index in [0.29, 0.717) is 35.6 Å². The van der Waals surface area contributed by atoms with Crippen LogP contribution in [0.1, 0.15) is 33.6 Å². The van der Waals surface area contributed by atoms with E-state index < -0.39 is 11.9 Å². The average molecular weight is 401 g/mol. The van der Waals surface area contributed by atoms with Gasteiger partial charge in [0, 0.05) is 24.9 Å². The first-order valence-corrected chi connectivity index (χ1v) is 9.60.